The van der Waals surface area contributed by atoms with E-state index in [0.717, 1.165) is 10.3 Å². The summed E-state index contributed by atoms with van der Waals surface area (Å²) < 4.78 is 30.0. The lowest BCUT2D eigenvalue weighted by Crippen LogP contribution is -2.48. The summed E-state index contributed by atoms with van der Waals surface area (Å²) in [6.07, 6.45) is 0. The Balaban J connectivity index is 1.66. The summed E-state index contributed by atoms with van der Waals surface area (Å²) in [5, 5.41) is 3.09. The van der Waals surface area contributed by atoms with Crippen molar-refractivity contribution < 1.29 is 8.42 Å². The number of nitrogens with one attached hydrogen (secondary N) is 1. The molecule has 7 nitrogen and oxygen atoms in total. The first-order chi connectivity index (χ1) is 11.4. The summed E-state index contributed by atoms with van der Waals surface area (Å²) in [7, 11) is -3.46. The Morgan fingerprint density at radius 3 is 2.58 bits per heavy atom. The number of aromatic nitrogens is 3. The molecule has 1 aromatic heterocycles. The van der Waals surface area contributed by atoms with E-state index < -0.39 is 10.0 Å². The number of halogens is 1. The van der Waals surface area contributed by atoms with Gasteiger partial charge in [0.1, 0.15) is 5.82 Å². The molecule has 0 radical (unpaired) electrons. The Bertz CT molecular complexity index is 885. The number of hydrogen-bond acceptors (Lipinski definition) is 5. The molecule has 1 N–H and O–H groups in total. The van der Waals surface area contributed by atoms with Crippen LogP contribution in [0, 0.1) is 11.7 Å². The lowest BCUT2D eigenvalue weighted by Gasteiger charge is -2.33. The standard InChI is InChI=1S/C14H18BrN5O2S2/c1-11-16-14(23)20(17-11)10-18-5-7-19(8-6-18)24(21,22)13-4-2-3-12(15)9-13/h2-4,9H,5-8,10H2,1H3,(H,16,17,23). The molecule has 1 aliphatic rings. The van der Waals surface area contributed by atoms with E-state index in [-0.39, 0.29) is 0 Å². The van der Waals surface area contributed by atoms with E-state index in [1.54, 1.807) is 22.9 Å². The van der Waals surface area contributed by atoms with Gasteiger partial charge in [0, 0.05) is 30.7 Å². The van der Waals surface area contributed by atoms with Crippen molar-refractivity contribution in [2.45, 2.75) is 18.5 Å². The molecule has 130 valence electrons. The zero-order valence-corrected chi connectivity index (χ0v) is 16.4. The number of rotatable bonds is 4. The summed E-state index contributed by atoms with van der Waals surface area (Å²) in [5.74, 6) is 0.774. The molecular weight excluding hydrogens is 414 g/mol. The molecule has 24 heavy (non-hydrogen) atoms. The minimum atomic E-state index is -3.46. The first kappa shape index (κ1) is 17.7. The van der Waals surface area contributed by atoms with Crippen LogP contribution in [-0.2, 0) is 16.7 Å². The van der Waals surface area contributed by atoms with Gasteiger partial charge in [-0.15, -0.1) is 0 Å². The van der Waals surface area contributed by atoms with Crippen LogP contribution < -0.4 is 0 Å². The summed E-state index contributed by atoms with van der Waals surface area (Å²) in [5.41, 5.74) is 0. The van der Waals surface area contributed by atoms with Gasteiger partial charge in [-0.05, 0) is 37.3 Å². The number of hydrogen-bond donors (Lipinski definition) is 1. The highest BCUT2D eigenvalue weighted by Gasteiger charge is 2.28. The third-order valence-corrected chi connectivity index (χ3v) is 6.60. The number of aryl methyl sites for hydroxylation is 1. The highest BCUT2D eigenvalue weighted by molar-refractivity contribution is 9.10. The van der Waals surface area contributed by atoms with Gasteiger partial charge < -0.3 is 0 Å². The zero-order valence-electron chi connectivity index (χ0n) is 13.1. The van der Waals surface area contributed by atoms with Gasteiger partial charge in [0.15, 0.2) is 0 Å². The molecule has 0 unspecified atom stereocenters. The van der Waals surface area contributed by atoms with E-state index in [2.05, 4.69) is 30.9 Å². The van der Waals surface area contributed by atoms with E-state index in [0.29, 0.717) is 42.5 Å². The summed E-state index contributed by atoms with van der Waals surface area (Å²) in [4.78, 5) is 6.63. The molecule has 0 amide bonds. The fourth-order valence-electron chi connectivity index (χ4n) is 2.66. The third-order valence-electron chi connectivity index (χ3n) is 3.90. The van der Waals surface area contributed by atoms with Gasteiger partial charge in [-0.2, -0.15) is 4.31 Å². The molecule has 1 saturated heterocycles. The number of aromatic amines is 1. The van der Waals surface area contributed by atoms with Crippen molar-refractivity contribution in [3.05, 3.63) is 39.3 Å². The Hall–Kier alpha value is -1.07. The first-order valence-corrected chi connectivity index (χ1v) is 10.1. The van der Waals surface area contributed by atoms with Crippen LogP contribution in [0.3, 0.4) is 0 Å². The monoisotopic (exact) mass is 431 g/mol. The summed E-state index contributed by atoms with van der Waals surface area (Å²) in [6.45, 7) is 4.64. The number of sulfonamides is 1. The molecule has 0 bridgehead atoms. The second kappa shape index (κ2) is 7.04. The van der Waals surface area contributed by atoms with Crippen molar-refractivity contribution in [2.24, 2.45) is 0 Å². The van der Waals surface area contributed by atoms with Crippen molar-refractivity contribution in [3.8, 4) is 0 Å². The van der Waals surface area contributed by atoms with Gasteiger partial charge in [0.2, 0.25) is 14.8 Å². The van der Waals surface area contributed by atoms with E-state index in [4.69, 9.17) is 12.2 Å². The second-order valence-corrected chi connectivity index (χ2v) is 8.86. The molecule has 1 aliphatic heterocycles. The quantitative estimate of drug-likeness (QED) is 0.748. The van der Waals surface area contributed by atoms with Crippen molar-refractivity contribution in [1.29, 1.82) is 0 Å². The van der Waals surface area contributed by atoms with Crippen LogP contribution in [0.15, 0.2) is 33.6 Å². The Morgan fingerprint density at radius 2 is 2.00 bits per heavy atom. The predicted octanol–water partition coefficient (Wildman–Crippen LogP) is 1.98. The molecule has 0 atom stereocenters. The number of benzene rings is 1. The third kappa shape index (κ3) is 3.77. The SMILES string of the molecule is Cc1nc(=S)n(CN2CCN(S(=O)(=O)c3cccc(Br)c3)CC2)[nH]1. The average Bonchev–Trinajstić information content (AvgIpc) is 2.85. The average molecular weight is 432 g/mol. The van der Waals surface area contributed by atoms with Crippen molar-refractivity contribution >= 4 is 38.2 Å². The number of H-pyrrole nitrogens is 1. The van der Waals surface area contributed by atoms with Gasteiger partial charge in [0.25, 0.3) is 0 Å². The van der Waals surface area contributed by atoms with Crippen molar-refractivity contribution in [2.75, 3.05) is 26.2 Å². The topological polar surface area (TPSA) is 74.2 Å². The minimum absolute atomic E-state index is 0.316. The second-order valence-electron chi connectivity index (χ2n) is 5.64. The largest absolute Gasteiger partial charge is 0.282 e. The van der Waals surface area contributed by atoms with Crippen LogP contribution in [0.4, 0.5) is 0 Å². The van der Waals surface area contributed by atoms with E-state index >= 15 is 0 Å². The highest BCUT2D eigenvalue weighted by atomic mass is 79.9. The van der Waals surface area contributed by atoms with Crippen LogP contribution in [-0.4, -0.2) is 58.6 Å². The lowest BCUT2D eigenvalue weighted by atomic mass is 10.4. The van der Waals surface area contributed by atoms with Gasteiger partial charge >= 0.3 is 0 Å². The van der Waals surface area contributed by atoms with Crippen LogP contribution in [0.2, 0.25) is 0 Å². The molecule has 10 heteroatoms. The molecule has 0 saturated carbocycles. The Labute approximate surface area is 154 Å². The van der Waals surface area contributed by atoms with Crippen LogP contribution in [0.1, 0.15) is 5.82 Å². The molecule has 3 rings (SSSR count). The van der Waals surface area contributed by atoms with Gasteiger partial charge in [-0.3, -0.25) is 10.00 Å². The molecule has 0 aliphatic carbocycles. The summed E-state index contributed by atoms with van der Waals surface area (Å²) in [6, 6.07) is 6.80. The van der Waals surface area contributed by atoms with Gasteiger partial charge in [-0.25, -0.2) is 18.1 Å². The van der Waals surface area contributed by atoms with Crippen LogP contribution >= 0.6 is 28.1 Å². The van der Waals surface area contributed by atoms with Crippen molar-refractivity contribution in [1.82, 2.24) is 24.0 Å². The maximum atomic E-state index is 12.7. The molecular formula is C14H18BrN5O2S2. The molecule has 2 aromatic rings. The maximum Gasteiger partial charge on any atom is 0.243 e. The Morgan fingerprint density at radius 1 is 1.29 bits per heavy atom. The Kier molecular flexibility index (Phi) is 5.21. The van der Waals surface area contributed by atoms with E-state index in [1.807, 2.05) is 13.0 Å². The van der Waals surface area contributed by atoms with E-state index in [1.165, 1.54) is 4.31 Å². The molecule has 0 spiro atoms. The maximum absolute atomic E-state index is 12.7. The molecule has 1 aromatic carbocycles. The number of nitrogens with zero attached hydrogens (tertiary/aromatic N) is 4. The fraction of sp³-hybridized carbons (Fsp3) is 0.429. The van der Waals surface area contributed by atoms with Crippen LogP contribution in [0.25, 0.3) is 0 Å². The smallest absolute Gasteiger partial charge is 0.243 e. The van der Waals surface area contributed by atoms with Crippen molar-refractivity contribution in [3.63, 3.8) is 0 Å². The highest BCUT2D eigenvalue weighted by Crippen LogP contribution is 2.21. The van der Waals surface area contributed by atoms with Crippen LogP contribution in [0.5, 0.6) is 0 Å². The van der Waals surface area contributed by atoms with Gasteiger partial charge in [-0.1, -0.05) is 22.0 Å². The van der Waals surface area contributed by atoms with Gasteiger partial charge in [0.05, 0.1) is 11.6 Å². The normalized spacial score (nSPS) is 17.2. The first-order valence-electron chi connectivity index (χ1n) is 7.48. The minimum Gasteiger partial charge on any atom is -0.282 e. The molecule has 2 heterocycles. The van der Waals surface area contributed by atoms with E-state index in [9.17, 15) is 8.42 Å². The fourth-order valence-corrected chi connectivity index (χ4v) is 4.92. The predicted molar refractivity (Wildman–Crippen MR) is 96.6 cm³/mol. The number of piperazine rings is 1. The summed E-state index contributed by atoms with van der Waals surface area (Å²) >= 11 is 8.50. The zero-order chi connectivity index (χ0) is 17.3. The molecule has 1 fully saturated rings. The lowest BCUT2D eigenvalue weighted by molar-refractivity contribution is 0.144.